The van der Waals surface area contributed by atoms with E-state index in [1.54, 1.807) is 7.11 Å². The highest BCUT2D eigenvalue weighted by molar-refractivity contribution is 6.01. The van der Waals surface area contributed by atoms with Crippen molar-refractivity contribution in [1.29, 1.82) is 0 Å². The van der Waals surface area contributed by atoms with Crippen molar-refractivity contribution in [3.63, 3.8) is 0 Å². The van der Waals surface area contributed by atoms with E-state index in [9.17, 15) is 9.59 Å². The van der Waals surface area contributed by atoms with Gasteiger partial charge in [0.15, 0.2) is 5.60 Å². The Hall–Kier alpha value is -3.85. The van der Waals surface area contributed by atoms with Gasteiger partial charge in [-0.2, -0.15) is 5.10 Å². The summed E-state index contributed by atoms with van der Waals surface area (Å²) < 4.78 is 19.0. The fourth-order valence-electron chi connectivity index (χ4n) is 7.70. The zero-order chi connectivity index (χ0) is 32.4. The van der Waals surface area contributed by atoms with E-state index >= 15 is 0 Å². The lowest BCUT2D eigenvalue weighted by atomic mass is 9.77. The maximum atomic E-state index is 14.9. The van der Waals surface area contributed by atoms with Crippen molar-refractivity contribution in [3.05, 3.63) is 66.0 Å². The number of ether oxygens (including phenoxy) is 3. The van der Waals surface area contributed by atoms with E-state index < -0.39 is 11.7 Å². The average Bonchev–Trinajstić information content (AvgIpc) is 3.81. The van der Waals surface area contributed by atoms with Crippen molar-refractivity contribution in [2.45, 2.75) is 101 Å². The molecular formula is C38H48N4O5. The second-order valence-corrected chi connectivity index (χ2v) is 14.2. The topological polar surface area (TPSA) is 94.9 Å². The number of carbonyl (C=O) groups is 2. The zero-order valence-corrected chi connectivity index (χ0v) is 27.8. The summed E-state index contributed by atoms with van der Waals surface area (Å²) in [6.45, 7) is 3.66. The van der Waals surface area contributed by atoms with Gasteiger partial charge in [-0.05, 0) is 118 Å². The SMILES string of the molecule is COc1ccc([C@H]2CC[C@H](CN(C(=O)C3(OC(=O)NC4COC4)CCCCC3)c3cccc(-c4cnn(C5CC5)c4)c3)CC2)cc1C. The fourth-order valence-corrected chi connectivity index (χ4v) is 7.70. The summed E-state index contributed by atoms with van der Waals surface area (Å²) in [5.74, 6) is 1.67. The number of nitrogens with one attached hydrogen (secondary N) is 1. The smallest absolute Gasteiger partial charge is 0.408 e. The maximum Gasteiger partial charge on any atom is 0.408 e. The first-order valence-electron chi connectivity index (χ1n) is 17.6. The number of alkyl carbamates (subject to hydrolysis) is 1. The van der Waals surface area contributed by atoms with Crippen molar-refractivity contribution in [3.8, 4) is 16.9 Å². The van der Waals surface area contributed by atoms with E-state index in [2.05, 4.69) is 58.5 Å². The molecular weight excluding hydrogens is 592 g/mol. The van der Waals surface area contributed by atoms with Gasteiger partial charge in [0.05, 0.1) is 38.6 Å². The van der Waals surface area contributed by atoms with Gasteiger partial charge in [-0.1, -0.05) is 30.7 Å². The zero-order valence-electron chi connectivity index (χ0n) is 27.8. The van der Waals surface area contributed by atoms with Gasteiger partial charge < -0.3 is 24.4 Å². The van der Waals surface area contributed by atoms with Gasteiger partial charge in [0.1, 0.15) is 5.75 Å². The van der Waals surface area contributed by atoms with Crippen LogP contribution in [-0.4, -0.2) is 60.3 Å². The van der Waals surface area contributed by atoms with Crippen molar-refractivity contribution >= 4 is 17.7 Å². The first-order chi connectivity index (χ1) is 22.9. The number of aromatic nitrogens is 2. The van der Waals surface area contributed by atoms with Crippen molar-refractivity contribution in [2.75, 3.05) is 31.8 Å². The molecule has 250 valence electrons. The quantitative estimate of drug-likeness (QED) is 0.249. The summed E-state index contributed by atoms with van der Waals surface area (Å²) in [6, 6.07) is 15.2. The number of carbonyl (C=O) groups excluding carboxylic acids is 2. The van der Waals surface area contributed by atoms with Gasteiger partial charge in [-0.25, -0.2) is 4.79 Å². The molecule has 4 aliphatic rings. The standard InChI is InChI=1S/C38H48N4O5/c1-26-19-30(13-16-35(26)45-2)28-11-9-27(10-12-28)22-41(34-8-6-7-29(20-34)31-21-39-42(23-31)33-14-15-33)36(43)38(17-4-3-5-18-38)47-37(44)40-32-24-46-25-32/h6-8,13,16,19-21,23,27-28,32-33H,3-5,9-12,14-15,17-18,22,24-25H2,1-2H3,(H,40,44)/t27-,28-. The Morgan fingerprint density at radius 1 is 1.00 bits per heavy atom. The lowest BCUT2D eigenvalue weighted by Gasteiger charge is -2.41. The van der Waals surface area contributed by atoms with Crippen molar-refractivity contribution < 1.29 is 23.8 Å². The molecule has 4 fully saturated rings. The van der Waals surface area contributed by atoms with E-state index in [4.69, 9.17) is 14.2 Å². The molecule has 3 aromatic rings. The van der Waals surface area contributed by atoms with E-state index in [0.717, 1.165) is 73.1 Å². The van der Waals surface area contributed by atoms with Crippen LogP contribution in [0.3, 0.4) is 0 Å². The number of hydrogen-bond donors (Lipinski definition) is 1. The summed E-state index contributed by atoms with van der Waals surface area (Å²) in [5.41, 5.74) is 4.28. The predicted octanol–water partition coefficient (Wildman–Crippen LogP) is 7.34. The van der Waals surface area contributed by atoms with Gasteiger partial charge in [0.25, 0.3) is 5.91 Å². The van der Waals surface area contributed by atoms with Crippen LogP contribution < -0.4 is 15.0 Å². The molecule has 0 unspecified atom stereocenters. The number of amides is 2. The molecule has 2 amide bonds. The Labute approximate surface area is 277 Å². The highest BCUT2D eigenvalue weighted by atomic mass is 16.6. The van der Waals surface area contributed by atoms with E-state index in [1.807, 2.05) is 23.2 Å². The molecule has 1 saturated heterocycles. The third kappa shape index (κ3) is 7.05. The minimum atomic E-state index is -1.18. The van der Waals surface area contributed by atoms with Crippen molar-refractivity contribution in [1.82, 2.24) is 15.1 Å². The molecule has 0 bridgehead atoms. The maximum absolute atomic E-state index is 14.9. The van der Waals surface area contributed by atoms with Gasteiger partial charge in [0.2, 0.25) is 0 Å². The van der Waals surface area contributed by atoms with Gasteiger partial charge in [-0.3, -0.25) is 9.48 Å². The Morgan fingerprint density at radius 3 is 2.47 bits per heavy atom. The number of benzene rings is 2. The highest BCUT2D eigenvalue weighted by Crippen LogP contribution is 2.41. The molecule has 2 aromatic carbocycles. The first kappa shape index (κ1) is 31.7. The molecule has 1 aromatic heterocycles. The number of methoxy groups -OCH3 is 1. The highest BCUT2D eigenvalue weighted by Gasteiger charge is 2.47. The lowest BCUT2D eigenvalue weighted by molar-refractivity contribution is -0.141. The lowest BCUT2D eigenvalue weighted by Crippen LogP contribution is -2.57. The number of rotatable bonds is 10. The molecule has 9 heteroatoms. The van der Waals surface area contributed by atoms with E-state index in [0.29, 0.717) is 50.5 Å². The molecule has 3 aliphatic carbocycles. The van der Waals surface area contributed by atoms with Crippen molar-refractivity contribution in [2.24, 2.45) is 5.92 Å². The second-order valence-electron chi connectivity index (χ2n) is 14.2. The molecule has 1 aliphatic heterocycles. The van der Waals surface area contributed by atoms with Crippen LogP contribution in [0.4, 0.5) is 10.5 Å². The second kappa shape index (κ2) is 13.7. The Kier molecular flexibility index (Phi) is 9.26. The third-order valence-electron chi connectivity index (χ3n) is 10.7. The molecule has 47 heavy (non-hydrogen) atoms. The Morgan fingerprint density at radius 2 is 1.79 bits per heavy atom. The number of aryl methyl sites for hydroxylation is 1. The van der Waals surface area contributed by atoms with Crippen LogP contribution in [0.25, 0.3) is 11.1 Å². The summed E-state index contributed by atoms with van der Waals surface area (Å²) in [4.78, 5) is 30.0. The molecule has 9 nitrogen and oxygen atoms in total. The van der Waals surface area contributed by atoms with E-state index in [-0.39, 0.29) is 11.9 Å². The number of nitrogens with zero attached hydrogens (tertiary/aromatic N) is 3. The summed E-state index contributed by atoms with van der Waals surface area (Å²) in [6.07, 6.45) is 13.9. The van der Waals surface area contributed by atoms with Gasteiger partial charge in [0, 0.05) is 24.0 Å². The number of hydrogen-bond acceptors (Lipinski definition) is 6. The molecule has 0 radical (unpaired) electrons. The monoisotopic (exact) mass is 640 g/mol. The molecule has 0 spiro atoms. The van der Waals surface area contributed by atoms with Crippen LogP contribution in [0, 0.1) is 12.8 Å². The summed E-state index contributed by atoms with van der Waals surface area (Å²) in [7, 11) is 1.72. The third-order valence-corrected chi connectivity index (χ3v) is 10.7. The van der Waals surface area contributed by atoms with Crippen LogP contribution in [0.15, 0.2) is 54.9 Å². The van der Waals surface area contributed by atoms with Crippen LogP contribution in [0.2, 0.25) is 0 Å². The molecule has 0 atom stereocenters. The Balaban J connectivity index is 1.14. The average molecular weight is 641 g/mol. The Bertz CT molecular complexity index is 1560. The molecule has 7 rings (SSSR count). The minimum absolute atomic E-state index is 0.0627. The van der Waals surface area contributed by atoms with Crippen LogP contribution >= 0.6 is 0 Å². The fraction of sp³-hybridized carbons (Fsp3) is 0.553. The van der Waals surface area contributed by atoms with Gasteiger partial charge >= 0.3 is 6.09 Å². The first-order valence-corrected chi connectivity index (χ1v) is 17.6. The summed E-state index contributed by atoms with van der Waals surface area (Å²) in [5, 5.41) is 7.52. The van der Waals surface area contributed by atoms with Crippen LogP contribution in [0.5, 0.6) is 5.75 Å². The normalized spacial score (nSPS) is 22.6. The van der Waals surface area contributed by atoms with Crippen LogP contribution in [-0.2, 0) is 14.3 Å². The molecule has 1 N–H and O–H groups in total. The largest absolute Gasteiger partial charge is 0.496 e. The van der Waals surface area contributed by atoms with Crippen LogP contribution in [0.1, 0.15) is 93.7 Å². The van der Waals surface area contributed by atoms with E-state index in [1.165, 1.54) is 18.4 Å². The molecule has 2 heterocycles. The summed E-state index contributed by atoms with van der Waals surface area (Å²) >= 11 is 0. The predicted molar refractivity (Wildman–Crippen MR) is 181 cm³/mol. The van der Waals surface area contributed by atoms with Gasteiger partial charge in [-0.15, -0.1) is 0 Å². The molecule has 3 saturated carbocycles. The number of anilines is 1. The minimum Gasteiger partial charge on any atom is -0.496 e.